The number of allylic oxidation sites excluding steroid dienone is 1. The molecule has 0 N–H and O–H groups in total. The van der Waals surface area contributed by atoms with E-state index >= 15 is 0 Å². The van der Waals surface area contributed by atoms with E-state index in [0.29, 0.717) is 5.75 Å². The zero-order chi connectivity index (χ0) is 6.24. The van der Waals surface area contributed by atoms with E-state index in [1.54, 1.807) is 11.8 Å². The summed E-state index contributed by atoms with van der Waals surface area (Å²) in [5, 5.41) is 0. The predicted octanol–water partition coefficient (Wildman–Crippen LogP) is 1.49. The van der Waals surface area contributed by atoms with Crippen molar-refractivity contribution < 1.29 is 4.79 Å². The van der Waals surface area contributed by atoms with Crippen molar-refractivity contribution in [2.24, 2.45) is 0 Å². The smallest absolute Gasteiger partial charge is 0.129 e. The highest BCUT2D eigenvalue weighted by molar-refractivity contribution is 7.99. The number of carbonyl (C=O) groups is 1. The van der Waals surface area contributed by atoms with Crippen LogP contribution in [0.15, 0.2) is 12.2 Å². The van der Waals surface area contributed by atoms with Gasteiger partial charge in [-0.25, -0.2) is 0 Å². The Morgan fingerprint density at radius 3 is 2.75 bits per heavy atom. The SMILES string of the molecule is C/C=C\CSCC=O. The molecule has 0 aromatic rings. The minimum Gasteiger partial charge on any atom is -0.302 e. The number of carbonyl (C=O) groups excluding carboxylic acids is 1. The third-order valence-corrected chi connectivity index (χ3v) is 1.44. The summed E-state index contributed by atoms with van der Waals surface area (Å²) in [7, 11) is 0. The van der Waals surface area contributed by atoms with E-state index in [-0.39, 0.29) is 0 Å². The number of hydrogen-bond acceptors (Lipinski definition) is 2. The van der Waals surface area contributed by atoms with Gasteiger partial charge in [0.25, 0.3) is 0 Å². The first-order valence-corrected chi connectivity index (χ1v) is 3.69. The molecule has 0 aromatic heterocycles. The maximum atomic E-state index is 9.72. The fraction of sp³-hybridized carbons (Fsp3) is 0.500. The second kappa shape index (κ2) is 6.76. The molecule has 0 saturated heterocycles. The molecule has 0 atom stereocenters. The Kier molecular flexibility index (Phi) is 6.56. The van der Waals surface area contributed by atoms with Crippen molar-refractivity contribution in [1.82, 2.24) is 0 Å². The highest BCUT2D eigenvalue weighted by atomic mass is 32.2. The lowest BCUT2D eigenvalue weighted by Gasteiger charge is -1.84. The van der Waals surface area contributed by atoms with Crippen molar-refractivity contribution in [3.05, 3.63) is 12.2 Å². The normalized spacial score (nSPS) is 10.1. The van der Waals surface area contributed by atoms with Crippen LogP contribution in [0.1, 0.15) is 6.92 Å². The third kappa shape index (κ3) is 5.76. The van der Waals surface area contributed by atoms with Gasteiger partial charge in [0, 0.05) is 11.5 Å². The third-order valence-electron chi connectivity index (χ3n) is 0.636. The molecule has 0 aromatic carbocycles. The second-order valence-corrected chi connectivity index (χ2v) is 2.35. The zero-order valence-corrected chi connectivity index (χ0v) is 5.78. The number of rotatable bonds is 4. The van der Waals surface area contributed by atoms with Crippen LogP contribution in [0.2, 0.25) is 0 Å². The maximum Gasteiger partial charge on any atom is 0.129 e. The fourth-order valence-electron chi connectivity index (χ4n) is 0.280. The monoisotopic (exact) mass is 130 g/mol. The van der Waals surface area contributed by atoms with Crippen LogP contribution in [0.3, 0.4) is 0 Å². The molecule has 1 nitrogen and oxygen atoms in total. The highest BCUT2D eigenvalue weighted by Crippen LogP contribution is 1.95. The van der Waals surface area contributed by atoms with Crippen molar-refractivity contribution in [2.75, 3.05) is 11.5 Å². The summed E-state index contributed by atoms with van der Waals surface area (Å²) in [6, 6.07) is 0. The minimum absolute atomic E-state index is 0.615. The van der Waals surface area contributed by atoms with Crippen LogP contribution >= 0.6 is 11.8 Å². The van der Waals surface area contributed by atoms with E-state index in [9.17, 15) is 4.79 Å². The zero-order valence-electron chi connectivity index (χ0n) is 4.96. The van der Waals surface area contributed by atoms with Crippen molar-refractivity contribution >= 4 is 18.0 Å². The molecule has 0 radical (unpaired) electrons. The van der Waals surface area contributed by atoms with Gasteiger partial charge >= 0.3 is 0 Å². The Morgan fingerprint density at radius 2 is 2.25 bits per heavy atom. The van der Waals surface area contributed by atoms with Gasteiger partial charge in [0.15, 0.2) is 0 Å². The van der Waals surface area contributed by atoms with E-state index in [0.717, 1.165) is 12.0 Å². The highest BCUT2D eigenvalue weighted by Gasteiger charge is 1.77. The van der Waals surface area contributed by atoms with Gasteiger partial charge in [-0.1, -0.05) is 12.2 Å². The first-order valence-electron chi connectivity index (χ1n) is 2.54. The van der Waals surface area contributed by atoms with Crippen LogP contribution in [0.5, 0.6) is 0 Å². The molecule has 0 amide bonds. The van der Waals surface area contributed by atoms with Gasteiger partial charge in [0.1, 0.15) is 6.29 Å². The molecular weight excluding hydrogens is 120 g/mol. The summed E-state index contributed by atoms with van der Waals surface area (Å²) in [5.41, 5.74) is 0. The molecule has 0 bridgehead atoms. The molecule has 0 fully saturated rings. The summed E-state index contributed by atoms with van der Waals surface area (Å²) in [6.45, 7) is 1.97. The van der Waals surface area contributed by atoms with Crippen molar-refractivity contribution in [3.63, 3.8) is 0 Å². The minimum atomic E-state index is 0.615. The van der Waals surface area contributed by atoms with Crippen LogP contribution in [0.4, 0.5) is 0 Å². The number of hydrogen-bond donors (Lipinski definition) is 0. The molecule has 0 aliphatic rings. The molecule has 2 heteroatoms. The maximum absolute atomic E-state index is 9.72. The molecule has 0 unspecified atom stereocenters. The van der Waals surface area contributed by atoms with Crippen LogP contribution in [-0.4, -0.2) is 17.8 Å². The Balaban J connectivity index is 2.82. The first kappa shape index (κ1) is 7.76. The molecule has 0 aliphatic heterocycles. The summed E-state index contributed by atoms with van der Waals surface area (Å²) < 4.78 is 0. The average Bonchev–Trinajstić information content (AvgIpc) is 1.81. The van der Waals surface area contributed by atoms with Gasteiger partial charge in [-0.2, -0.15) is 11.8 Å². The first-order chi connectivity index (χ1) is 3.91. The quantitative estimate of drug-likeness (QED) is 0.326. The van der Waals surface area contributed by atoms with Crippen molar-refractivity contribution in [3.8, 4) is 0 Å². The number of thioether (sulfide) groups is 1. The molecule has 0 rings (SSSR count). The van der Waals surface area contributed by atoms with Gasteiger partial charge in [-0.15, -0.1) is 0 Å². The lowest BCUT2D eigenvalue weighted by molar-refractivity contribution is -0.105. The molecular formula is C6H10OS. The van der Waals surface area contributed by atoms with E-state index in [4.69, 9.17) is 0 Å². The van der Waals surface area contributed by atoms with Gasteiger partial charge in [0.2, 0.25) is 0 Å². The predicted molar refractivity (Wildman–Crippen MR) is 38.2 cm³/mol. The standard InChI is InChI=1S/C6H10OS/c1-2-3-5-8-6-4-7/h2-4H,5-6H2,1H3/b3-2-. The Morgan fingerprint density at radius 1 is 1.50 bits per heavy atom. The summed E-state index contributed by atoms with van der Waals surface area (Å²) in [6.07, 6.45) is 4.94. The van der Waals surface area contributed by atoms with Gasteiger partial charge < -0.3 is 4.79 Å². The summed E-state index contributed by atoms with van der Waals surface area (Å²) in [5.74, 6) is 1.57. The van der Waals surface area contributed by atoms with E-state index in [2.05, 4.69) is 0 Å². The Labute approximate surface area is 54.2 Å². The molecule has 0 aliphatic carbocycles. The van der Waals surface area contributed by atoms with Gasteiger partial charge in [0.05, 0.1) is 0 Å². The van der Waals surface area contributed by atoms with E-state index in [1.807, 2.05) is 19.1 Å². The Hall–Kier alpha value is -0.240. The van der Waals surface area contributed by atoms with E-state index < -0.39 is 0 Å². The van der Waals surface area contributed by atoms with Crippen LogP contribution in [0, 0.1) is 0 Å². The lowest BCUT2D eigenvalue weighted by Crippen LogP contribution is -1.78. The summed E-state index contributed by atoms with van der Waals surface area (Å²) in [4.78, 5) is 9.72. The molecule has 8 heavy (non-hydrogen) atoms. The molecule has 0 heterocycles. The second-order valence-electron chi connectivity index (χ2n) is 1.27. The van der Waals surface area contributed by atoms with E-state index in [1.165, 1.54) is 0 Å². The average molecular weight is 130 g/mol. The van der Waals surface area contributed by atoms with Gasteiger partial charge in [-0.3, -0.25) is 0 Å². The fourth-order valence-corrected chi connectivity index (χ4v) is 0.841. The van der Waals surface area contributed by atoms with Crippen LogP contribution in [-0.2, 0) is 4.79 Å². The molecule has 46 valence electrons. The Bertz CT molecular complexity index is 78.6. The molecule has 0 saturated carbocycles. The van der Waals surface area contributed by atoms with Gasteiger partial charge in [-0.05, 0) is 6.92 Å². The lowest BCUT2D eigenvalue weighted by atomic mass is 10.6. The van der Waals surface area contributed by atoms with Crippen LogP contribution in [0.25, 0.3) is 0 Å². The topological polar surface area (TPSA) is 17.1 Å². The van der Waals surface area contributed by atoms with Crippen LogP contribution < -0.4 is 0 Å². The largest absolute Gasteiger partial charge is 0.302 e. The van der Waals surface area contributed by atoms with Crippen molar-refractivity contribution in [1.29, 1.82) is 0 Å². The van der Waals surface area contributed by atoms with Crippen molar-refractivity contribution in [2.45, 2.75) is 6.92 Å². The molecule has 0 spiro atoms. The number of aldehydes is 1. The summed E-state index contributed by atoms with van der Waals surface area (Å²) >= 11 is 1.62.